The van der Waals surface area contributed by atoms with Gasteiger partial charge in [-0.25, -0.2) is 13.2 Å². The SMILES string of the molecule is N/N=C(\C=NCCOCCOCCOCCOCCC(=O)Oc1c(F)c(F)c(F)c(F)c1F)CCOCCOCc1ccc(O)cc1. The fourth-order valence-corrected chi connectivity index (χ4v) is 3.38. The summed E-state index contributed by atoms with van der Waals surface area (Å²) in [5.41, 5.74) is 1.54. The number of hydrogen-bond donors (Lipinski definition) is 2. The van der Waals surface area contributed by atoms with Gasteiger partial charge < -0.3 is 44.1 Å². The molecule has 0 bridgehead atoms. The summed E-state index contributed by atoms with van der Waals surface area (Å²) >= 11 is 0. The molecule has 0 saturated heterocycles. The van der Waals surface area contributed by atoms with E-state index in [1.54, 1.807) is 30.5 Å². The zero-order valence-electron chi connectivity index (χ0n) is 25.6. The van der Waals surface area contributed by atoms with Crippen molar-refractivity contribution in [3.8, 4) is 11.5 Å². The van der Waals surface area contributed by atoms with E-state index < -0.39 is 47.2 Å². The number of aliphatic imine (C=N–C) groups is 1. The molecule has 0 radical (unpaired) electrons. The van der Waals surface area contributed by atoms with Gasteiger partial charge in [0.1, 0.15) is 5.75 Å². The highest BCUT2D eigenvalue weighted by Gasteiger charge is 2.28. The zero-order chi connectivity index (χ0) is 34.3. The monoisotopic (exact) mass is 679 g/mol. The van der Waals surface area contributed by atoms with Gasteiger partial charge >= 0.3 is 5.97 Å². The Bertz CT molecular complexity index is 1240. The summed E-state index contributed by atoms with van der Waals surface area (Å²) in [6.07, 6.45) is 1.57. The minimum Gasteiger partial charge on any atom is -0.508 e. The van der Waals surface area contributed by atoms with Crippen LogP contribution in [0.25, 0.3) is 0 Å². The van der Waals surface area contributed by atoms with Crippen LogP contribution < -0.4 is 10.6 Å². The molecule has 0 unspecified atom stereocenters. The fourth-order valence-electron chi connectivity index (χ4n) is 3.38. The van der Waals surface area contributed by atoms with Crippen LogP contribution in [0.2, 0.25) is 0 Å². The molecule has 0 atom stereocenters. The normalized spacial score (nSPS) is 11.9. The predicted molar refractivity (Wildman–Crippen MR) is 158 cm³/mol. The van der Waals surface area contributed by atoms with Gasteiger partial charge in [0.15, 0.2) is 0 Å². The lowest BCUT2D eigenvalue weighted by Crippen LogP contribution is -2.16. The van der Waals surface area contributed by atoms with Crippen molar-refractivity contribution in [2.45, 2.75) is 19.4 Å². The maximum atomic E-state index is 13.5. The molecule has 0 saturated carbocycles. The molecule has 0 aromatic heterocycles. The molecule has 0 fully saturated rings. The number of esters is 1. The number of aromatic hydroxyl groups is 1. The first kappa shape index (κ1) is 39.4. The lowest BCUT2D eigenvalue weighted by Gasteiger charge is -2.09. The van der Waals surface area contributed by atoms with Crippen LogP contribution in [0.1, 0.15) is 18.4 Å². The van der Waals surface area contributed by atoms with Crippen molar-refractivity contribution in [3.63, 3.8) is 0 Å². The summed E-state index contributed by atoms with van der Waals surface area (Å²) in [6.45, 7) is 3.67. The highest BCUT2D eigenvalue weighted by Crippen LogP contribution is 2.29. The molecule has 0 aliphatic heterocycles. The number of benzene rings is 2. The van der Waals surface area contributed by atoms with E-state index in [0.29, 0.717) is 71.5 Å². The summed E-state index contributed by atoms with van der Waals surface area (Å²) in [6, 6.07) is 6.78. The second kappa shape index (κ2) is 23.6. The van der Waals surface area contributed by atoms with Gasteiger partial charge in [-0.1, -0.05) is 12.1 Å². The van der Waals surface area contributed by atoms with E-state index >= 15 is 0 Å². The van der Waals surface area contributed by atoms with E-state index in [1.165, 1.54) is 0 Å². The average Bonchev–Trinajstić information content (AvgIpc) is 3.07. The molecule has 0 spiro atoms. The van der Waals surface area contributed by atoms with Crippen LogP contribution >= 0.6 is 0 Å². The number of halogens is 5. The van der Waals surface area contributed by atoms with Gasteiger partial charge in [-0.3, -0.25) is 9.79 Å². The van der Waals surface area contributed by atoms with Crippen LogP contribution in [0.5, 0.6) is 11.5 Å². The van der Waals surface area contributed by atoms with Gasteiger partial charge in [-0.2, -0.15) is 13.9 Å². The van der Waals surface area contributed by atoms with Crippen LogP contribution in [-0.2, 0) is 39.8 Å². The molecule has 2 aromatic rings. The van der Waals surface area contributed by atoms with Crippen LogP contribution in [0.15, 0.2) is 34.4 Å². The van der Waals surface area contributed by atoms with Crippen molar-refractivity contribution in [1.29, 1.82) is 0 Å². The summed E-state index contributed by atoms with van der Waals surface area (Å²) in [7, 11) is 0. The number of phenolic OH excluding ortho intramolecular Hbond substituents is 1. The highest BCUT2D eigenvalue weighted by atomic mass is 19.2. The molecule has 3 N–H and O–H groups in total. The molecule has 0 amide bonds. The largest absolute Gasteiger partial charge is 0.508 e. The van der Waals surface area contributed by atoms with Gasteiger partial charge in [-0.15, -0.1) is 0 Å². The standard InChI is InChI=1S/C30H38F5N3O9/c31-25-26(32)28(34)30(29(35)27(25)33)47-24(40)6-9-42-11-13-44-15-16-45-14-12-43-10-7-37-19-22(38-36)5-8-41-17-18-46-20-21-1-3-23(39)4-2-21/h1-4,19,39H,5-18,20,36H2/b37-19?,38-22-. The first-order valence-electron chi connectivity index (χ1n) is 14.5. The first-order valence-corrected chi connectivity index (χ1v) is 14.5. The second-order valence-corrected chi connectivity index (χ2v) is 9.31. The van der Waals surface area contributed by atoms with E-state index in [-0.39, 0.29) is 32.2 Å². The Morgan fingerprint density at radius 2 is 1.13 bits per heavy atom. The summed E-state index contributed by atoms with van der Waals surface area (Å²) in [5, 5.41) is 13.0. The summed E-state index contributed by atoms with van der Waals surface area (Å²) in [4.78, 5) is 15.9. The molecule has 0 aliphatic rings. The Hall–Kier alpha value is -3.74. The predicted octanol–water partition coefficient (Wildman–Crippen LogP) is 3.46. The van der Waals surface area contributed by atoms with Crippen LogP contribution in [0.3, 0.4) is 0 Å². The van der Waals surface area contributed by atoms with Gasteiger partial charge in [0, 0.05) is 12.6 Å². The Morgan fingerprint density at radius 3 is 1.68 bits per heavy atom. The van der Waals surface area contributed by atoms with Crippen LogP contribution in [0, 0.1) is 29.1 Å². The molecule has 0 heterocycles. The molecule has 0 aliphatic carbocycles. The lowest BCUT2D eigenvalue weighted by molar-refractivity contribution is -0.136. The smallest absolute Gasteiger partial charge is 0.313 e. The maximum Gasteiger partial charge on any atom is 0.313 e. The van der Waals surface area contributed by atoms with Crippen molar-refractivity contribution < 1.29 is 65.0 Å². The second-order valence-electron chi connectivity index (χ2n) is 9.31. The lowest BCUT2D eigenvalue weighted by atomic mass is 10.2. The van der Waals surface area contributed by atoms with E-state index in [0.717, 1.165) is 5.56 Å². The Morgan fingerprint density at radius 1 is 0.660 bits per heavy atom. The van der Waals surface area contributed by atoms with E-state index in [9.17, 15) is 31.9 Å². The zero-order valence-corrected chi connectivity index (χ0v) is 25.6. The minimum absolute atomic E-state index is 0.0705. The van der Waals surface area contributed by atoms with Gasteiger partial charge in [-0.05, 0) is 17.7 Å². The number of rotatable bonds is 25. The topological polar surface area (TPSA) is 153 Å². The number of ether oxygens (including phenoxy) is 7. The number of phenols is 1. The molecule has 262 valence electrons. The minimum atomic E-state index is -2.35. The Labute approximate surface area is 268 Å². The number of nitrogens with zero attached hydrogens (tertiary/aromatic N) is 2. The highest BCUT2D eigenvalue weighted by molar-refractivity contribution is 6.30. The molecule has 2 aromatic carbocycles. The first-order chi connectivity index (χ1) is 22.7. The number of carbonyl (C=O) groups is 1. The Balaban J connectivity index is 1.36. The fraction of sp³-hybridized carbons (Fsp3) is 0.500. The van der Waals surface area contributed by atoms with E-state index in [1.807, 2.05) is 0 Å². The maximum absolute atomic E-state index is 13.5. The van der Waals surface area contributed by atoms with Crippen molar-refractivity contribution in [3.05, 3.63) is 58.9 Å². The van der Waals surface area contributed by atoms with Crippen LogP contribution in [0.4, 0.5) is 22.0 Å². The number of carbonyl (C=O) groups excluding carboxylic acids is 1. The van der Waals surface area contributed by atoms with Gasteiger partial charge in [0.25, 0.3) is 0 Å². The Kier molecular flexibility index (Phi) is 19.8. The van der Waals surface area contributed by atoms with Crippen molar-refractivity contribution >= 4 is 17.9 Å². The summed E-state index contributed by atoms with van der Waals surface area (Å²) in [5.74, 6) is -8.57. The van der Waals surface area contributed by atoms with Gasteiger partial charge in [0.05, 0.1) is 98.0 Å². The quantitative estimate of drug-likeness (QED) is 0.0184. The third-order valence-corrected chi connectivity index (χ3v) is 5.80. The van der Waals surface area contributed by atoms with Crippen molar-refractivity contribution in [1.82, 2.24) is 0 Å². The van der Waals surface area contributed by atoms with Crippen molar-refractivity contribution in [2.24, 2.45) is 15.9 Å². The number of hydrogen-bond acceptors (Lipinski definition) is 12. The molecule has 12 nitrogen and oxygen atoms in total. The third-order valence-electron chi connectivity index (χ3n) is 5.80. The van der Waals surface area contributed by atoms with E-state index in [2.05, 4.69) is 14.8 Å². The van der Waals surface area contributed by atoms with Gasteiger partial charge in [0.2, 0.25) is 34.8 Å². The summed E-state index contributed by atoms with van der Waals surface area (Å²) < 4.78 is 103. The van der Waals surface area contributed by atoms with Crippen molar-refractivity contribution in [2.75, 3.05) is 79.2 Å². The molecule has 17 heteroatoms. The number of nitrogens with two attached hydrogens (primary N) is 1. The molecular formula is C30H38F5N3O9. The van der Waals surface area contributed by atoms with Crippen LogP contribution in [-0.4, -0.2) is 102 Å². The molecule has 47 heavy (non-hydrogen) atoms. The van der Waals surface area contributed by atoms with E-state index in [4.69, 9.17) is 34.3 Å². The number of hydrazone groups is 1. The molecular weight excluding hydrogens is 641 g/mol. The third kappa shape index (κ3) is 16.1. The average molecular weight is 680 g/mol. The molecule has 2 rings (SSSR count).